The summed E-state index contributed by atoms with van der Waals surface area (Å²) in [6, 6.07) is 10.3. The van der Waals surface area contributed by atoms with Crippen LogP contribution in [0.3, 0.4) is 0 Å². The van der Waals surface area contributed by atoms with Crippen LogP contribution in [-0.4, -0.2) is 29.4 Å². The molecule has 0 aromatic heterocycles. The minimum Gasteiger partial charge on any atom is -0.396 e. The van der Waals surface area contributed by atoms with Crippen molar-refractivity contribution in [1.82, 2.24) is 5.32 Å². The van der Waals surface area contributed by atoms with Crippen LogP contribution in [0.4, 0.5) is 0 Å². The Morgan fingerprint density at radius 3 is 2.76 bits per heavy atom. The molecule has 1 saturated carbocycles. The largest absolute Gasteiger partial charge is 0.396 e. The molecule has 3 atom stereocenters. The number of thioether (sulfide) groups is 1. The zero-order valence-electron chi connectivity index (χ0n) is 12.6. The van der Waals surface area contributed by atoms with Crippen molar-refractivity contribution in [2.45, 2.75) is 43.5 Å². The first kappa shape index (κ1) is 16.4. The summed E-state index contributed by atoms with van der Waals surface area (Å²) >= 11 is 1.72. The highest BCUT2D eigenvalue weighted by atomic mass is 32.2. The van der Waals surface area contributed by atoms with E-state index in [1.165, 1.54) is 4.90 Å². The fourth-order valence-corrected chi connectivity index (χ4v) is 3.70. The normalized spacial score (nSPS) is 23.5. The average molecular weight is 307 g/mol. The Morgan fingerprint density at radius 2 is 2.05 bits per heavy atom. The number of amides is 1. The molecule has 2 N–H and O–H groups in total. The number of carbonyl (C=O) groups excluding carboxylic acids is 1. The van der Waals surface area contributed by atoms with Gasteiger partial charge in [0.15, 0.2) is 0 Å². The molecule has 21 heavy (non-hydrogen) atoms. The van der Waals surface area contributed by atoms with Gasteiger partial charge >= 0.3 is 0 Å². The van der Waals surface area contributed by atoms with Crippen LogP contribution in [0.5, 0.6) is 0 Å². The molecule has 3 unspecified atom stereocenters. The van der Waals surface area contributed by atoms with Gasteiger partial charge in [-0.2, -0.15) is 0 Å². The van der Waals surface area contributed by atoms with Crippen LogP contribution in [0.15, 0.2) is 35.2 Å². The van der Waals surface area contributed by atoms with E-state index in [9.17, 15) is 9.90 Å². The molecule has 1 fully saturated rings. The van der Waals surface area contributed by atoms with E-state index >= 15 is 0 Å². The molecule has 4 heteroatoms. The summed E-state index contributed by atoms with van der Waals surface area (Å²) in [6.07, 6.45) is 4.33. The number of aliphatic hydroxyl groups excluding tert-OH is 1. The maximum atomic E-state index is 12.3. The summed E-state index contributed by atoms with van der Waals surface area (Å²) < 4.78 is 0. The van der Waals surface area contributed by atoms with E-state index in [0.29, 0.717) is 0 Å². The highest BCUT2D eigenvalue weighted by Gasteiger charge is 2.27. The smallest absolute Gasteiger partial charge is 0.223 e. The Hall–Kier alpha value is -1.00. The van der Waals surface area contributed by atoms with Gasteiger partial charge in [0.2, 0.25) is 5.91 Å². The van der Waals surface area contributed by atoms with Crippen LogP contribution < -0.4 is 5.32 Å². The molecule has 3 nitrogen and oxygen atoms in total. The Bertz CT molecular complexity index is 438. The van der Waals surface area contributed by atoms with Crippen LogP contribution in [0.2, 0.25) is 0 Å². The van der Waals surface area contributed by atoms with Crippen LogP contribution >= 0.6 is 11.8 Å². The number of nitrogens with one attached hydrogen (secondary N) is 1. The van der Waals surface area contributed by atoms with E-state index in [1.807, 2.05) is 25.1 Å². The second kappa shape index (κ2) is 8.44. The first-order chi connectivity index (χ1) is 10.2. The predicted molar refractivity (Wildman–Crippen MR) is 87.3 cm³/mol. The minimum atomic E-state index is -0.0172. The molecule has 1 aromatic rings. The lowest BCUT2D eigenvalue weighted by molar-refractivity contribution is -0.125. The van der Waals surface area contributed by atoms with Gasteiger partial charge in [0.1, 0.15) is 0 Å². The fourth-order valence-electron chi connectivity index (χ4n) is 2.75. The third-order valence-electron chi connectivity index (χ3n) is 4.16. The Labute approximate surface area is 131 Å². The second-order valence-corrected chi connectivity index (χ2v) is 6.96. The number of aliphatic hydroxyl groups is 1. The Morgan fingerprint density at radius 1 is 1.33 bits per heavy atom. The molecule has 1 amide bonds. The number of benzene rings is 1. The van der Waals surface area contributed by atoms with Crippen molar-refractivity contribution in [3.63, 3.8) is 0 Å². The topological polar surface area (TPSA) is 49.3 Å². The summed E-state index contributed by atoms with van der Waals surface area (Å²) in [4.78, 5) is 13.5. The Balaban J connectivity index is 1.79. The highest BCUT2D eigenvalue weighted by molar-refractivity contribution is 7.99. The average Bonchev–Trinajstić information content (AvgIpc) is 2.54. The lowest BCUT2D eigenvalue weighted by atomic mass is 9.85. The number of rotatable bonds is 6. The summed E-state index contributed by atoms with van der Waals surface area (Å²) in [5.41, 5.74) is 0. The van der Waals surface area contributed by atoms with Gasteiger partial charge in [-0.15, -0.1) is 11.8 Å². The summed E-state index contributed by atoms with van der Waals surface area (Å²) in [6.45, 7) is 2.15. The monoisotopic (exact) mass is 307 g/mol. The quantitative estimate of drug-likeness (QED) is 0.794. The van der Waals surface area contributed by atoms with Crippen molar-refractivity contribution in [2.24, 2.45) is 11.8 Å². The van der Waals surface area contributed by atoms with E-state index in [2.05, 4.69) is 17.4 Å². The van der Waals surface area contributed by atoms with Gasteiger partial charge in [0, 0.05) is 35.1 Å². The predicted octanol–water partition coefficient (Wildman–Crippen LogP) is 3.08. The fraction of sp³-hybridized carbons (Fsp3) is 0.588. The van der Waals surface area contributed by atoms with Crippen molar-refractivity contribution in [1.29, 1.82) is 0 Å². The molecule has 0 heterocycles. The third kappa shape index (κ3) is 5.04. The third-order valence-corrected chi connectivity index (χ3v) is 5.43. The van der Waals surface area contributed by atoms with Gasteiger partial charge in [0.05, 0.1) is 0 Å². The molecular weight excluding hydrogens is 282 g/mol. The van der Waals surface area contributed by atoms with E-state index in [-0.39, 0.29) is 30.4 Å². The lowest BCUT2D eigenvalue weighted by Gasteiger charge is -2.31. The molecule has 116 valence electrons. The summed E-state index contributed by atoms with van der Waals surface area (Å²) in [5.74, 6) is 1.11. The van der Waals surface area contributed by atoms with Crippen molar-refractivity contribution in [2.75, 3.05) is 12.4 Å². The highest BCUT2D eigenvalue weighted by Crippen LogP contribution is 2.25. The first-order valence-electron chi connectivity index (χ1n) is 7.79. The molecule has 2 rings (SSSR count). The Kier molecular flexibility index (Phi) is 6.58. The van der Waals surface area contributed by atoms with Crippen LogP contribution in [0.1, 0.15) is 32.6 Å². The number of carbonyl (C=O) groups is 1. The maximum Gasteiger partial charge on any atom is 0.223 e. The van der Waals surface area contributed by atoms with Crippen molar-refractivity contribution >= 4 is 17.7 Å². The SMILES string of the molecule is CC(CSc1ccccc1)C(=O)NC1CCCCC1CO. The number of hydrogen-bond acceptors (Lipinski definition) is 3. The molecule has 0 saturated heterocycles. The molecule has 1 aromatic carbocycles. The van der Waals surface area contributed by atoms with E-state index in [1.54, 1.807) is 11.8 Å². The minimum absolute atomic E-state index is 0.0172. The molecule has 0 spiro atoms. The first-order valence-corrected chi connectivity index (χ1v) is 8.78. The summed E-state index contributed by atoms with van der Waals surface area (Å²) in [7, 11) is 0. The van der Waals surface area contributed by atoms with Crippen LogP contribution in [0.25, 0.3) is 0 Å². The van der Waals surface area contributed by atoms with Crippen LogP contribution in [0, 0.1) is 11.8 Å². The standard InChI is InChI=1S/C17H25NO2S/c1-13(12-21-15-8-3-2-4-9-15)17(20)18-16-10-6-5-7-14(16)11-19/h2-4,8-9,13-14,16,19H,5-7,10-12H2,1H3,(H,18,20). The van der Waals surface area contributed by atoms with Gasteiger partial charge in [0.25, 0.3) is 0 Å². The lowest BCUT2D eigenvalue weighted by Crippen LogP contribution is -2.45. The van der Waals surface area contributed by atoms with Crippen molar-refractivity contribution in [3.8, 4) is 0 Å². The van der Waals surface area contributed by atoms with E-state index in [0.717, 1.165) is 31.4 Å². The van der Waals surface area contributed by atoms with Crippen molar-refractivity contribution in [3.05, 3.63) is 30.3 Å². The molecule has 0 bridgehead atoms. The van der Waals surface area contributed by atoms with Crippen LogP contribution in [-0.2, 0) is 4.79 Å². The van der Waals surface area contributed by atoms with E-state index < -0.39 is 0 Å². The van der Waals surface area contributed by atoms with Crippen molar-refractivity contribution < 1.29 is 9.90 Å². The van der Waals surface area contributed by atoms with Gasteiger partial charge in [-0.25, -0.2) is 0 Å². The molecular formula is C17H25NO2S. The molecule has 1 aliphatic carbocycles. The zero-order valence-corrected chi connectivity index (χ0v) is 13.4. The molecule has 0 aliphatic heterocycles. The number of hydrogen-bond donors (Lipinski definition) is 2. The van der Waals surface area contributed by atoms with Gasteiger partial charge in [-0.3, -0.25) is 4.79 Å². The van der Waals surface area contributed by atoms with Gasteiger partial charge in [-0.1, -0.05) is 38.0 Å². The zero-order chi connectivity index (χ0) is 15.1. The van der Waals surface area contributed by atoms with Gasteiger partial charge in [-0.05, 0) is 25.0 Å². The van der Waals surface area contributed by atoms with Gasteiger partial charge < -0.3 is 10.4 Å². The summed E-state index contributed by atoms with van der Waals surface area (Å²) in [5, 5.41) is 12.6. The second-order valence-electron chi connectivity index (χ2n) is 5.87. The maximum absolute atomic E-state index is 12.3. The molecule has 0 radical (unpaired) electrons. The molecule has 1 aliphatic rings. The van der Waals surface area contributed by atoms with E-state index in [4.69, 9.17) is 0 Å².